The highest BCUT2D eigenvalue weighted by atomic mass is 32.2. The molecule has 198 valence electrons. The number of benzene rings is 4. The normalized spacial score (nSPS) is 11.2. The lowest BCUT2D eigenvalue weighted by atomic mass is 10.2. The van der Waals surface area contributed by atoms with Crippen LogP contribution in [0.1, 0.15) is 21.5 Å². The molecule has 0 aromatic heterocycles. The van der Waals surface area contributed by atoms with E-state index in [0.717, 1.165) is 15.4 Å². The maximum atomic E-state index is 12.8. The molecule has 0 spiro atoms. The summed E-state index contributed by atoms with van der Waals surface area (Å²) in [5.41, 5.74) is 4.72. The van der Waals surface area contributed by atoms with Crippen LogP contribution >= 0.6 is 0 Å². The molecule has 0 aliphatic heterocycles. The summed E-state index contributed by atoms with van der Waals surface area (Å²) < 4.78 is 32.4. The SMILES string of the molecule is CN(c1ccc(C(=O)N/N=C\c2ccc(OCc3ccc([N+](=O)[O-])cc3)cc2)cc1)S(=O)(=O)c1ccccc1. The zero-order chi connectivity index (χ0) is 27.8. The first-order valence-corrected chi connectivity index (χ1v) is 13.1. The average Bonchev–Trinajstić information content (AvgIpc) is 2.97. The van der Waals surface area contributed by atoms with Crippen LogP contribution in [-0.4, -0.2) is 32.5 Å². The number of ether oxygens (including phenoxy) is 1. The van der Waals surface area contributed by atoms with E-state index in [2.05, 4.69) is 10.5 Å². The van der Waals surface area contributed by atoms with Gasteiger partial charge < -0.3 is 4.74 Å². The Morgan fingerprint density at radius 3 is 2.21 bits per heavy atom. The highest BCUT2D eigenvalue weighted by molar-refractivity contribution is 7.92. The van der Waals surface area contributed by atoms with Crippen molar-refractivity contribution in [3.8, 4) is 5.75 Å². The molecule has 4 aromatic carbocycles. The molecule has 1 N–H and O–H groups in total. The highest BCUT2D eigenvalue weighted by Crippen LogP contribution is 2.22. The molecule has 0 bridgehead atoms. The van der Waals surface area contributed by atoms with Gasteiger partial charge in [0.1, 0.15) is 12.4 Å². The third-order valence-electron chi connectivity index (χ3n) is 5.71. The first kappa shape index (κ1) is 27.0. The van der Waals surface area contributed by atoms with Gasteiger partial charge in [-0.1, -0.05) is 18.2 Å². The van der Waals surface area contributed by atoms with Gasteiger partial charge in [0.15, 0.2) is 0 Å². The Kier molecular flexibility index (Phi) is 8.32. The van der Waals surface area contributed by atoms with Crippen molar-refractivity contribution in [3.63, 3.8) is 0 Å². The second-order valence-electron chi connectivity index (χ2n) is 8.31. The van der Waals surface area contributed by atoms with E-state index < -0.39 is 20.9 Å². The number of carbonyl (C=O) groups is 1. The van der Waals surface area contributed by atoms with E-state index in [4.69, 9.17) is 4.74 Å². The second kappa shape index (κ2) is 12.0. The summed E-state index contributed by atoms with van der Waals surface area (Å²) in [7, 11) is -2.27. The second-order valence-corrected chi connectivity index (χ2v) is 10.3. The first-order valence-electron chi connectivity index (χ1n) is 11.7. The molecule has 11 heteroatoms. The van der Waals surface area contributed by atoms with Gasteiger partial charge in [0.2, 0.25) is 0 Å². The summed E-state index contributed by atoms with van der Waals surface area (Å²) in [5.74, 6) is 0.156. The van der Waals surface area contributed by atoms with Gasteiger partial charge in [-0.05, 0) is 83.9 Å². The van der Waals surface area contributed by atoms with E-state index in [1.54, 1.807) is 66.7 Å². The largest absolute Gasteiger partial charge is 0.489 e. The van der Waals surface area contributed by atoms with Crippen molar-refractivity contribution < 1.29 is 22.9 Å². The number of nitro groups is 1. The monoisotopic (exact) mass is 544 g/mol. The van der Waals surface area contributed by atoms with E-state index in [-0.39, 0.29) is 17.2 Å². The minimum absolute atomic E-state index is 0.0217. The number of nitro benzene ring substituents is 1. The first-order chi connectivity index (χ1) is 18.7. The van der Waals surface area contributed by atoms with Gasteiger partial charge in [-0.25, -0.2) is 13.8 Å². The predicted octanol–water partition coefficient (Wildman–Crippen LogP) is 4.76. The molecule has 10 nitrogen and oxygen atoms in total. The molecule has 0 saturated heterocycles. The number of sulfonamides is 1. The van der Waals surface area contributed by atoms with Crippen LogP contribution < -0.4 is 14.5 Å². The van der Waals surface area contributed by atoms with E-state index >= 15 is 0 Å². The van der Waals surface area contributed by atoms with E-state index in [0.29, 0.717) is 17.0 Å². The summed E-state index contributed by atoms with van der Waals surface area (Å²) >= 11 is 0. The maximum Gasteiger partial charge on any atom is 0.271 e. The molecule has 0 heterocycles. The molecule has 0 unspecified atom stereocenters. The zero-order valence-electron chi connectivity index (χ0n) is 20.8. The Bertz CT molecular complexity index is 1570. The quantitative estimate of drug-likeness (QED) is 0.174. The molecule has 0 fully saturated rings. The summed E-state index contributed by atoms with van der Waals surface area (Å²) in [5, 5.41) is 14.7. The Morgan fingerprint density at radius 1 is 0.949 bits per heavy atom. The number of carbonyl (C=O) groups excluding carboxylic acids is 1. The predicted molar refractivity (Wildman–Crippen MR) is 147 cm³/mol. The molecule has 1 amide bonds. The summed E-state index contributed by atoms with van der Waals surface area (Å²) in [6, 6.07) is 27.4. The molecule has 0 saturated carbocycles. The minimum Gasteiger partial charge on any atom is -0.489 e. The van der Waals surface area contributed by atoms with Gasteiger partial charge >= 0.3 is 0 Å². The standard InChI is InChI=1S/C28H24N4O6S/c1-31(39(36,37)27-5-3-2-4-6-27)24-15-11-23(12-16-24)28(33)30-29-19-21-9-17-26(18-10-21)38-20-22-7-13-25(14-8-22)32(34)35/h2-19H,20H2,1H3,(H,30,33)/b29-19-. The highest BCUT2D eigenvalue weighted by Gasteiger charge is 2.21. The molecule has 4 aromatic rings. The Morgan fingerprint density at radius 2 is 1.59 bits per heavy atom. The summed E-state index contributed by atoms with van der Waals surface area (Å²) in [4.78, 5) is 22.9. The van der Waals surface area contributed by atoms with Crippen LogP contribution in [0.4, 0.5) is 11.4 Å². The third-order valence-corrected chi connectivity index (χ3v) is 7.51. The minimum atomic E-state index is -3.72. The lowest BCUT2D eigenvalue weighted by molar-refractivity contribution is -0.384. The molecular weight excluding hydrogens is 520 g/mol. The molecule has 0 aliphatic rings. The number of amides is 1. The average molecular weight is 545 g/mol. The molecule has 39 heavy (non-hydrogen) atoms. The number of nitrogens with zero attached hydrogens (tertiary/aromatic N) is 3. The Hall–Kier alpha value is -5.03. The topological polar surface area (TPSA) is 131 Å². The van der Waals surface area contributed by atoms with Crippen LogP contribution in [0.2, 0.25) is 0 Å². The van der Waals surface area contributed by atoms with Gasteiger partial charge in [0.05, 0.1) is 21.7 Å². The fraction of sp³-hybridized carbons (Fsp3) is 0.0714. The number of nitrogens with one attached hydrogen (secondary N) is 1. The fourth-order valence-corrected chi connectivity index (χ4v) is 4.69. The smallest absolute Gasteiger partial charge is 0.271 e. The van der Waals surface area contributed by atoms with Gasteiger partial charge in [-0.15, -0.1) is 0 Å². The van der Waals surface area contributed by atoms with Crippen molar-refractivity contribution >= 4 is 33.5 Å². The van der Waals surface area contributed by atoms with Crippen molar-refractivity contribution in [3.05, 3.63) is 130 Å². The van der Waals surface area contributed by atoms with Crippen LogP contribution in [0, 0.1) is 10.1 Å². The van der Waals surface area contributed by atoms with Gasteiger partial charge in [0.25, 0.3) is 21.6 Å². The molecule has 0 atom stereocenters. The fourth-order valence-electron chi connectivity index (χ4n) is 3.47. The third kappa shape index (κ3) is 6.84. The van der Waals surface area contributed by atoms with Crippen molar-refractivity contribution in [2.75, 3.05) is 11.4 Å². The number of rotatable bonds is 10. The lowest BCUT2D eigenvalue weighted by Gasteiger charge is -2.19. The van der Waals surface area contributed by atoms with Crippen LogP contribution in [0.5, 0.6) is 5.75 Å². The van der Waals surface area contributed by atoms with Crippen LogP contribution in [-0.2, 0) is 16.6 Å². The van der Waals surface area contributed by atoms with Crippen molar-refractivity contribution in [1.82, 2.24) is 5.43 Å². The summed E-state index contributed by atoms with van der Waals surface area (Å²) in [6.07, 6.45) is 1.48. The zero-order valence-corrected chi connectivity index (χ0v) is 21.6. The van der Waals surface area contributed by atoms with Crippen LogP contribution in [0.15, 0.2) is 113 Å². The number of non-ortho nitro benzene ring substituents is 1. The van der Waals surface area contributed by atoms with Gasteiger partial charge in [-0.2, -0.15) is 5.10 Å². The van der Waals surface area contributed by atoms with E-state index in [1.807, 2.05) is 0 Å². The molecular formula is C28H24N4O6S. The van der Waals surface area contributed by atoms with E-state index in [1.165, 1.54) is 49.7 Å². The molecule has 0 radical (unpaired) electrons. The van der Waals surface area contributed by atoms with Crippen molar-refractivity contribution in [1.29, 1.82) is 0 Å². The van der Waals surface area contributed by atoms with Crippen LogP contribution in [0.25, 0.3) is 0 Å². The Labute approximate surface area is 225 Å². The van der Waals surface area contributed by atoms with Crippen molar-refractivity contribution in [2.24, 2.45) is 5.10 Å². The van der Waals surface area contributed by atoms with Gasteiger partial charge in [0, 0.05) is 24.7 Å². The maximum absolute atomic E-state index is 12.8. The Balaban J connectivity index is 1.29. The number of hydrazone groups is 1. The van der Waals surface area contributed by atoms with Gasteiger partial charge in [-0.3, -0.25) is 19.2 Å². The van der Waals surface area contributed by atoms with Crippen LogP contribution in [0.3, 0.4) is 0 Å². The summed E-state index contributed by atoms with van der Waals surface area (Å²) in [6.45, 7) is 0.258. The number of hydrogen-bond acceptors (Lipinski definition) is 7. The molecule has 0 aliphatic carbocycles. The number of anilines is 1. The number of hydrogen-bond donors (Lipinski definition) is 1. The lowest BCUT2D eigenvalue weighted by Crippen LogP contribution is -2.26. The molecule has 4 rings (SSSR count). The van der Waals surface area contributed by atoms with E-state index in [9.17, 15) is 23.3 Å². The van der Waals surface area contributed by atoms with Crippen molar-refractivity contribution in [2.45, 2.75) is 11.5 Å².